The molecular formula is C13H18N2O5S. The number of phenols is 1. The minimum atomic E-state index is -4.06. The molecule has 1 heterocycles. The molecule has 7 nitrogen and oxygen atoms in total. The molecule has 4 N–H and O–H groups in total. The second-order valence-electron chi connectivity index (χ2n) is 4.95. The van der Waals surface area contributed by atoms with Crippen LogP contribution in [0.25, 0.3) is 0 Å². The Morgan fingerprint density at radius 2 is 2.19 bits per heavy atom. The number of anilines is 1. The Labute approximate surface area is 123 Å². The first-order valence-corrected chi connectivity index (χ1v) is 8.18. The fraction of sp³-hybridized carbons (Fsp3) is 0.462. The topological polar surface area (TPSA) is 119 Å². The Bertz CT molecular complexity index is 644. The van der Waals surface area contributed by atoms with Gasteiger partial charge in [-0.25, -0.2) is 13.6 Å². The van der Waals surface area contributed by atoms with Crippen LogP contribution in [0, 0.1) is 0 Å². The van der Waals surface area contributed by atoms with Gasteiger partial charge >= 0.3 is 0 Å². The van der Waals surface area contributed by atoms with Gasteiger partial charge in [-0.15, -0.1) is 0 Å². The lowest BCUT2D eigenvalue weighted by molar-refractivity contribution is -0.126. The number of carbonyl (C=O) groups is 1. The van der Waals surface area contributed by atoms with Gasteiger partial charge in [0.1, 0.15) is 16.7 Å². The molecule has 2 rings (SSSR count). The Balaban J connectivity index is 2.12. The average molecular weight is 314 g/mol. The van der Waals surface area contributed by atoms with E-state index in [-0.39, 0.29) is 17.7 Å². The SMILES string of the molecule is CCC1CCC(C(=O)Nc2ccc(O)c(S(N)(=O)=O)c2)O1. The van der Waals surface area contributed by atoms with E-state index in [2.05, 4.69) is 5.32 Å². The second-order valence-corrected chi connectivity index (χ2v) is 6.48. The molecular weight excluding hydrogens is 296 g/mol. The van der Waals surface area contributed by atoms with E-state index < -0.39 is 26.8 Å². The lowest BCUT2D eigenvalue weighted by atomic mass is 10.1. The summed E-state index contributed by atoms with van der Waals surface area (Å²) in [6.07, 6.45) is 1.84. The summed E-state index contributed by atoms with van der Waals surface area (Å²) < 4.78 is 28.2. The number of rotatable bonds is 4. The molecule has 0 aliphatic carbocycles. The highest BCUT2D eigenvalue weighted by atomic mass is 32.2. The van der Waals surface area contributed by atoms with Gasteiger partial charge in [0, 0.05) is 5.69 Å². The third-order valence-electron chi connectivity index (χ3n) is 3.39. The fourth-order valence-corrected chi connectivity index (χ4v) is 2.89. The maximum Gasteiger partial charge on any atom is 0.253 e. The van der Waals surface area contributed by atoms with E-state index in [0.29, 0.717) is 6.42 Å². The average Bonchev–Trinajstić information content (AvgIpc) is 2.88. The van der Waals surface area contributed by atoms with Gasteiger partial charge in [-0.3, -0.25) is 4.79 Å². The predicted molar refractivity (Wildman–Crippen MR) is 76.3 cm³/mol. The molecule has 0 aromatic heterocycles. The van der Waals surface area contributed by atoms with Gasteiger partial charge in [-0.05, 0) is 37.5 Å². The molecule has 0 spiro atoms. The van der Waals surface area contributed by atoms with Crippen molar-refractivity contribution in [2.75, 3.05) is 5.32 Å². The van der Waals surface area contributed by atoms with Crippen LogP contribution in [0.3, 0.4) is 0 Å². The minimum Gasteiger partial charge on any atom is -0.507 e. The lowest BCUT2D eigenvalue weighted by Crippen LogP contribution is -2.28. The number of primary sulfonamides is 1. The third kappa shape index (κ3) is 3.72. The molecule has 8 heteroatoms. The van der Waals surface area contributed by atoms with Crippen LogP contribution in [-0.4, -0.2) is 31.6 Å². The van der Waals surface area contributed by atoms with E-state index in [1.165, 1.54) is 12.1 Å². The maximum atomic E-state index is 12.0. The van der Waals surface area contributed by atoms with E-state index in [9.17, 15) is 18.3 Å². The zero-order valence-electron chi connectivity index (χ0n) is 11.6. The Hall–Kier alpha value is -1.64. The summed E-state index contributed by atoms with van der Waals surface area (Å²) in [7, 11) is -4.06. The van der Waals surface area contributed by atoms with Crippen molar-refractivity contribution in [3.05, 3.63) is 18.2 Å². The van der Waals surface area contributed by atoms with Gasteiger partial charge in [-0.1, -0.05) is 6.92 Å². The van der Waals surface area contributed by atoms with Crippen molar-refractivity contribution in [2.24, 2.45) is 5.14 Å². The van der Waals surface area contributed by atoms with Crippen molar-refractivity contribution in [2.45, 2.75) is 43.3 Å². The highest BCUT2D eigenvalue weighted by Gasteiger charge is 2.29. The van der Waals surface area contributed by atoms with Crippen LogP contribution in [0.1, 0.15) is 26.2 Å². The van der Waals surface area contributed by atoms with Crippen LogP contribution in [0.15, 0.2) is 23.1 Å². The summed E-state index contributed by atoms with van der Waals surface area (Å²) >= 11 is 0. The molecule has 1 aliphatic rings. The first-order chi connectivity index (χ1) is 9.81. The molecule has 1 saturated heterocycles. The molecule has 1 aliphatic heterocycles. The van der Waals surface area contributed by atoms with Crippen molar-refractivity contribution in [1.29, 1.82) is 0 Å². The molecule has 116 valence electrons. The summed E-state index contributed by atoms with van der Waals surface area (Å²) in [6.45, 7) is 1.99. The van der Waals surface area contributed by atoms with Gasteiger partial charge in [-0.2, -0.15) is 0 Å². The van der Waals surface area contributed by atoms with Gasteiger partial charge in [0.15, 0.2) is 0 Å². The first-order valence-electron chi connectivity index (χ1n) is 6.63. The van der Waals surface area contributed by atoms with E-state index in [1.807, 2.05) is 6.92 Å². The minimum absolute atomic E-state index is 0.0838. The van der Waals surface area contributed by atoms with Crippen molar-refractivity contribution in [3.8, 4) is 5.75 Å². The van der Waals surface area contributed by atoms with Crippen LogP contribution < -0.4 is 10.5 Å². The third-order valence-corrected chi connectivity index (χ3v) is 4.33. The Morgan fingerprint density at radius 1 is 1.48 bits per heavy atom. The number of carbonyl (C=O) groups excluding carboxylic acids is 1. The largest absolute Gasteiger partial charge is 0.507 e. The van der Waals surface area contributed by atoms with Crippen molar-refractivity contribution in [1.82, 2.24) is 0 Å². The van der Waals surface area contributed by atoms with E-state index >= 15 is 0 Å². The second kappa shape index (κ2) is 6.00. The number of benzene rings is 1. The Morgan fingerprint density at radius 3 is 2.76 bits per heavy atom. The normalized spacial score (nSPS) is 22.2. The number of sulfonamides is 1. The van der Waals surface area contributed by atoms with Gasteiger partial charge in [0.2, 0.25) is 10.0 Å². The molecule has 0 bridgehead atoms. The zero-order valence-corrected chi connectivity index (χ0v) is 12.4. The van der Waals surface area contributed by atoms with Crippen molar-refractivity contribution in [3.63, 3.8) is 0 Å². The summed E-state index contributed by atoms with van der Waals surface area (Å²) in [5.74, 6) is -0.796. The summed E-state index contributed by atoms with van der Waals surface area (Å²) in [5, 5.41) is 17.0. The first kappa shape index (κ1) is 15.7. The molecule has 2 unspecified atom stereocenters. The standard InChI is InChI=1S/C13H18N2O5S/c1-2-9-4-6-11(20-9)13(17)15-8-3-5-10(16)12(7-8)21(14,18)19/h3,5,7,9,11,16H,2,4,6H2,1H3,(H,15,17)(H2,14,18,19). The number of hydrogen-bond donors (Lipinski definition) is 3. The zero-order chi connectivity index (χ0) is 15.6. The van der Waals surface area contributed by atoms with Gasteiger partial charge in [0.05, 0.1) is 6.10 Å². The number of amides is 1. The molecule has 1 fully saturated rings. The lowest BCUT2D eigenvalue weighted by Gasteiger charge is -2.13. The Kier molecular flexibility index (Phi) is 4.50. The maximum absolute atomic E-state index is 12.0. The predicted octanol–water partition coefficient (Wildman–Crippen LogP) is 0.936. The highest BCUT2D eigenvalue weighted by Crippen LogP contribution is 2.26. The number of aromatic hydroxyl groups is 1. The molecule has 21 heavy (non-hydrogen) atoms. The van der Waals surface area contributed by atoms with Gasteiger partial charge < -0.3 is 15.2 Å². The molecule has 0 saturated carbocycles. The quantitative estimate of drug-likeness (QED) is 0.714. The van der Waals surface area contributed by atoms with Crippen LogP contribution in [0.2, 0.25) is 0 Å². The van der Waals surface area contributed by atoms with Crippen LogP contribution >= 0.6 is 0 Å². The number of hydrogen-bond acceptors (Lipinski definition) is 5. The molecule has 2 atom stereocenters. The number of phenolic OH excluding ortho intramolecular Hbond substituents is 1. The highest BCUT2D eigenvalue weighted by molar-refractivity contribution is 7.89. The van der Waals surface area contributed by atoms with Crippen LogP contribution in [-0.2, 0) is 19.6 Å². The number of ether oxygens (including phenoxy) is 1. The molecule has 0 radical (unpaired) electrons. The monoisotopic (exact) mass is 314 g/mol. The van der Waals surface area contributed by atoms with Crippen LogP contribution in [0.5, 0.6) is 5.75 Å². The van der Waals surface area contributed by atoms with E-state index in [4.69, 9.17) is 9.88 Å². The van der Waals surface area contributed by atoms with E-state index in [0.717, 1.165) is 18.9 Å². The number of nitrogens with one attached hydrogen (secondary N) is 1. The van der Waals surface area contributed by atoms with Crippen molar-refractivity contribution >= 4 is 21.6 Å². The fourth-order valence-electron chi connectivity index (χ4n) is 2.24. The molecule has 1 aromatic rings. The smallest absolute Gasteiger partial charge is 0.253 e. The molecule has 1 aromatic carbocycles. The number of nitrogens with two attached hydrogens (primary N) is 1. The van der Waals surface area contributed by atoms with Crippen LogP contribution in [0.4, 0.5) is 5.69 Å². The van der Waals surface area contributed by atoms with E-state index in [1.54, 1.807) is 0 Å². The molecule has 1 amide bonds. The van der Waals surface area contributed by atoms with Gasteiger partial charge in [0.25, 0.3) is 5.91 Å². The van der Waals surface area contributed by atoms with Crippen molar-refractivity contribution < 1.29 is 23.1 Å². The summed E-state index contributed by atoms with van der Waals surface area (Å²) in [4.78, 5) is 11.6. The summed E-state index contributed by atoms with van der Waals surface area (Å²) in [5.41, 5.74) is 0.241. The summed E-state index contributed by atoms with van der Waals surface area (Å²) in [6, 6.07) is 3.68.